The number of nitrogens with one attached hydrogen (secondary N) is 2. The lowest BCUT2D eigenvalue weighted by Crippen LogP contribution is -2.37. The second-order valence-electron chi connectivity index (χ2n) is 8.99. The fourth-order valence-electron chi connectivity index (χ4n) is 4.90. The minimum atomic E-state index is -3.30. The summed E-state index contributed by atoms with van der Waals surface area (Å²) in [5, 5.41) is 0. The number of hydrogen-bond acceptors (Lipinski definition) is 7. The molecule has 0 aromatic carbocycles. The molecule has 2 heterocycles. The van der Waals surface area contributed by atoms with Crippen LogP contribution >= 0.6 is 11.6 Å². The van der Waals surface area contributed by atoms with Crippen LogP contribution in [0, 0.1) is 0 Å². The van der Waals surface area contributed by atoms with Gasteiger partial charge in [-0.15, -0.1) is 11.6 Å². The lowest BCUT2D eigenvalue weighted by molar-refractivity contribution is -0.0104. The average Bonchev–Trinajstić information content (AvgIpc) is 3.39. The van der Waals surface area contributed by atoms with Crippen LogP contribution in [0.1, 0.15) is 68.3 Å². The van der Waals surface area contributed by atoms with Crippen LogP contribution in [0.15, 0.2) is 27.7 Å². The van der Waals surface area contributed by atoms with Gasteiger partial charge in [0.15, 0.2) is 0 Å². The van der Waals surface area contributed by atoms with E-state index in [2.05, 4.69) is 19.7 Å². The van der Waals surface area contributed by atoms with E-state index in [0.29, 0.717) is 37.5 Å². The Morgan fingerprint density at radius 2 is 2.09 bits per heavy atom. The van der Waals surface area contributed by atoms with Gasteiger partial charge in [-0.05, 0) is 44.9 Å². The maximum Gasteiger partial charge on any atom is 0.250 e. The molecule has 2 fully saturated rings. The molecule has 0 amide bonds. The Kier molecular flexibility index (Phi) is 7.04. The summed E-state index contributed by atoms with van der Waals surface area (Å²) in [4.78, 5) is 23.3. The van der Waals surface area contributed by atoms with E-state index < -0.39 is 15.4 Å². The molecule has 0 aliphatic heterocycles. The summed E-state index contributed by atoms with van der Waals surface area (Å²) in [6.45, 7) is 0.410. The molecule has 0 radical (unpaired) electrons. The van der Waals surface area contributed by atoms with Gasteiger partial charge in [0.2, 0.25) is 15.9 Å². The highest BCUT2D eigenvalue weighted by Crippen LogP contribution is 2.42. The van der Waals surface area contributed by atoms with Crippen LogP contribution in [0.4, 0.5) is 0 Å². The van der Waals surface area contributed by atoms with Gasteiger partial charge >= 0.3 is 0 Å². The van der Waals surface area contributed by atoms with Gasteiger partial charge in [-0.1, -0.05) is 0 Å². The summed E-state index contributed by atoms with van der Waals surface area (Å²) in [6.07, 6.45) is 9.83. The second kappa shape index (κ2) is 9.62. The number of aromatic amines is 1. The van der Waals surface area contributed by atoms with E-state index in [0.717, 1.165) is 31.5 Å². The molecule has 0 spiro atoms. The summed E-state index contributed by atoms with van der Waals surface area (Å²) in [5.41, 5.74) is 0.0388. The molecule has 2 saturated carbocycles. The first-order valence-corrected chi connectivity index (χ1v) is 13.3. The third-order valence-electron chi connectivity index (χ3n) is 6.48. The summed E-state index contributed by atoms with van der Waals surface area (Å²) in [6, 6.07) is 1.24. The van der Waals surface area contributed by atoms with Crippen molar-refractivity contribution >= 4 is 21.6 Å². The Morgan fingerprint density at radius 3 is 2.75 bits per heavy atom. The van der Waals surface area contributed by atoms with Crippen LogP contribution in [0.5, 0.6) is 0 Å². The van der Waals surface area contributed by atoms with Crippen LogP contribution in [-0.4, -0.2) is 48.4 Å². The molecule has 11 heteroatoms. The van der Waals surface area contributed by atoms with Crippen molar-refractivity contribution in [1.82, 2.24) is 19.7 Å². The number of rotatable bonds is 8. The first-order chi connectivity index (χ1) is 15.3. The van der Waals surface area contributed by atoms with Crippen molar-refractivity contribution in [1.29, 1.82) is 0 Å². The zero-order chi connectivity index (χ0) is 22.8. The summed E-state index contributed by atoms with van der Waals surface area (Å²) < 4.78 is 38.3. The molecule has 2 N–H and O–H groups in total. The van der Waals surface area contributed by atoms with Crippen LogP contribution in [0.3, 0.4) is 0 Å². The van der Waals surface area contributed by atoms with Crippen molar-refractivity contribution in [2.75, 3.05) is 12.9 Å². The summed E-state index contributed by atoms with van der Waals surface area (Å²) in [5.74, 6) is 1.79. The molecule has 0 unspecified atom stereocenters. The first-order valence-electron chi connectivity index (χ1n) is 10.9. The van der Waals surface area contributed by atoms with Crippen LogP contribution in [0.25, 0.3) is 0 Å². The quantitative estimate of drug-likeness (QED) is 0.551. The Hall–Kier alpha value is -1.75. The van der Waals surface area contributed by atoms with Crippen molar-refractivity contribution in [3.63, 3.8) is 0 Å². The summed E-state index contributed by atoms with van der Waals surface area (Å²) in [7, 11) is -3.30. The Bertz CT molecular complexity index is 1080. The number of hydrogen-bond donors (Lipinski definition) is 2. The minimum Gasteiger partial charge on any atom is -0.448 e. The molecule has 2 atom stereocenters. The van der Waals surface area contributed by atoms with Crippen molar-refractivity contribution in [2.24, 2.45) is 0 Å². The van der Waals surface area contributed by atoms with Gasteiger partial charge in [0.1, 0.15) is 12.1 Å². The molecule has 2 aromatic rings. The van der Waals surface area contributed by atoms with Gasteiger partial charge in [-0.3, -0.25) is 4.79 Å². The number of oxazole rings is 1. The van der Waals surface area contributed by atoms with E-state index in [-0.39, 0.29) is 29.5 Å². The van der Waals surface area contributed by atoms with Gasteiger partial charge in [0, 0.05) is 24.2 Å². The van der Waals surface area contributed by atoms with E-state index in [9.17, 15) is 13.2 Å². The largest absolute Gasteiger partial charge is 0.448 e. The van der Waals surface area contributed by atoms with Crippen molar-refractivity contribution in [3.8, 4) is 0 Å². The van der Waals surface area contributed by atoms with E-state index in [4.69, 9.17) is 20.8 Å². The SMILES string of the molecule is CS(=O)(=O)N[C@H]1CC[C@](COC2CCC(c3nccc(=O)[nH]3)CC2)(c2nc(CCl)co2)C1. The average molecular weight is 485 g/mol. The monoisotopic (exact) mass is 484 g/mol. The van der Waals surface area contributed by atoms with Crippen LogP contribution < -0.4 is 10.3 Å². The molecular formula is C21H29ClN4O5S. The van der Waals surface area contributed by atoms with Gasteiger partial charge < -0.3 is 14.1 Å². The lowest BCUT2D eigenvalue weighted by atomic mass is 9.85. The minimum absolute atomic E-state index is 0.0861. The highest BCUT2D eigenvalue weighted by molar-refractivity contribution is 7.88. The summed E-state index contributed by atoms with van der Waals surface area (Å²) >= 11 is 5.91. The molecule has 0 saturated heterocycles. The molecule has 0 bridgehead atoms. The number of nitrogens with zero attached hydrogens (tertiary/aromatic N) is 2. The van der Waals surface area contributed by atoms with Crippen molar-refractivity contribution in [3.05, 3.63) is 46.3 Å². The fourth-order valence-corrected chi connectivity index (χ4v) is 5.83. The second-order valence-corrected chi connectivity index (χ2v) is 11.0. The standard InChI is InChI=1S/C21H29ClN4O5S/c1-32(28,29)26-15-6-8-21(10-15,20-24-16(11-22)12-30-20)13-31-17-4-2-14(3-5-17)19-23-9-7-18(27)25-19/h7,9,12,14-15,17,26H,2-6,8,10-11,13H2,1H3,(H,23,25,27)/t14?,15-,17?,21-/m0/s1. The smallest absolute Gasteiger partial charge is 0.250 e. The number of aromatic nitrogens is 3. The number of alkyl halides is 1. The number of ether oxygens (including phenoxy) is 1. The molecule has 32 heavy (non-hydrogen) atoms. The third-order valence-corrected chi connectivity index (χ3v) is 7.51. The van der Waals surface area contributed by atoms with E-state index in [1.165, 1.54) is 12.3 Å². The number of sulfonamides is 1. The van der Waals surface area contributed by atoms with Gasteiger partial charge in [-0.25, -0.2) is 23.1 Å². The first kappa shape index (κ1) is 23.4. The molecule has 9 nitrogen and oxygen atoms in total. The van der Waals surface area contributed by atoms with E-state index >= 15 is 0 Å². The topological polar surface area (TPSA) is 127 Å². The predicted molar refractivity (Wildman–Crippen MR) is 119 cm³/mol. The van der Waals surface area contributed by atoms with Crippen LogP contribution in [-0.2, 0) is 26.1 Å². The number of halogens is 1. The van der Waals surface area contributed by atoms with E-state index in [1.54, 1.807) is 12.5 Å². The highest BCUT2D eigenvalue weighted by atomic mass is 35.5. The molecule has 2 aliphatic rings. The zero-order valence-electron chi connectivity index (χ0n) is 18.0. The number of H-pyrrole nitrogens is 1. The van der Waals surface area contributed by atoms with Gasteiger partial charge in [0.25, 0.3) is 5.56 Å². The molecule has 2 aliphatic carbocycles. The lowest BCUT2D eigenvalue weighted by Gasteiger charge is -2.32. The Balaban J connectivity index is 1.41. The fraction of sp³-hybridized carbons (Fsp3) is 0.667. The van der Waals surface area contributed by atoms with Crippen molar-refractivity contribution < 1.29 is 17.6 Å². The zero-order valence-corrected chi connectivity index (χ0v) is 19.6. The Labute approximate surface area is 192 Å². The maximum atomic E-state index is 11.7. The normalized spacial score (nSPS) is 28.8. The van der Waals surface area contributed by atoms with E-state index in [1.807, 2.05) is 0 Å². The molecule has 4 rings (SSSR count). The molecular weight excluding hydrogens is 456 g/mol. The Morgan fingerprint density at radius 1 is 1.31 bits per heavy atom. The predicted octanol–water partition coefficient (Wildman–Crippen LogP) is 2.58. The van der Waals surface area contributed by atoms with Gasteiger partial charge in [0.05, 0.1) is 36.0 Å². The molecule has 176 valence electrons. The highest BCUT2D eigenvalue weighted by Gasteiger charge is 2.46. The third kappa shape index (κ3) is 5.59. The van der Waals surface area contributed by atoms with Gasteiger partial charge in [-0.2, -0.15) is 0 Å². The maximum absolute atomic E-state index is 11.7. The molecule has 2 aromatic heterocycles. The van der Waals surface area contributed by atoms with Crippen molar-refractivity contribution in [2.45, 2.75) is 74.3 Å². The van der Waals surface area contributed by atoms with Crippen LogP contribution in [0.2, 0.25) is 0 Å².